The Morgan fingerprint density at radius 1 is 0.769 bits per heavy atom. The normalized spacial score (nSPS) is 10.7. The Kier molecular flexibility index (Phi) is 5.84. The van der Waals surface area contributed by atoms with Gasteiger partial charge in [0.2, 0.25) is 0 Å². The Bertz CT molecular complexity index is 800. The van der Waals surface area contributed by atoms with Crippen molar-refractivity contribution in [2.75, 3.05) is 16.5 Å². The Balaban J connectivity index is 1.86. The number of hydrogen-bond donors (Lipinski definition) is 0. The minimum absolute atomic E-state index is 0.896. The minimum Gasteiger partial charge on any atom is -0.349 e. The number of anilines is 3. The van der Waals surface area contributed by atoms with E-state index in [0.717, 1.165) is 29.2 Å². The summed E-state index contributed by atoms with van der Waals surface area (Å²) >= 11 is 0. The maximum atomic E-state index is 4.72. The summed E-state index contributed by atoms with van der Waals surface area (Å²) in [5.74, 6) is 0. The van der Waals surface area contributed by atoms with Gasteiger partial charge >= 0.3 is 0 Å². The lowest BCUT2D eigenvalue weighted by Gasteiger charge is -2.19. The predicted octanol–water partition coefficient (Wildman–Crippen LogP) is 5.83. The molecular weight excluding hydrogens is 318 g/mol. The third-order valence-corrected chi connectivity index (χ3v) is 4.11. The SMILES string of the molecule is C=CN(CC)c1ccc(C=NN(c2ccccc2)c2ccccc2)cc1. The summed E-state index contributed by atoms with van der Waals surface area (Å²) in [6.07, 6.45) is 3.73. The zero-order valence-electron chi connectivity index (χ0n) is 15.0. The molecule has 3 rings (SSSR count). The Hall–Kier alpha value is -3.33. The Labute approximate surface area is 155 Å². The molecule has 0 spiro atoms. The third kappa shape index (κ3) is 4.19. The molecule has 0 unspecified atom stereocenters. The average molecular weight is 341 g/mol. The number of para-hydroxylation sites is 2. The maximum Gasteiger partial charge on any atom is 0.0652 e. The first-order valence-corrected chi connectivity index (χ1v) is 8.75. The van der Waals surface area contributed by atoms with Crippen LogP contribution < -0.4 is 9.91 Å². The van der Waals surface area contributed by atoms with Crippen molar-refractivity contribution in [1.29, 1.82) is 0 Å². The van der Waals surface area contributed by atoms with Gasteiger partial charge in [0.1, 0.15) is 0 Å². The van der Waals surface area contributed by atoms with Crippen LogP contribution >= 0.6 is 0 Å². The first-order chi connectivity index (χ1) is 12.8. The molecule has 0 heterocycles. The smallest absolute Gasteiger partial charge is 0.0652 e. The molecule has 3 aromatic rings. The lowest BCUT2D eigenvalue weighted by atomic mass is 10.2. The summed E-state index contributed by atoms with van der Waals surface area (Å²) in [6, 6.07) is 28.6. The van der Waals surface area contributed by atoms with Gasteiger partial charge in [-0.25, -0.2) is 5.01 Å². The molecule has 3 aromatic carbocycles. The van der Waals surface area contributed by atoms with E-state index in [2.05, 4.69) is 66.9 Å². The van der Waals surface area contributed by atoms with Crippen molar-refractivity contribution in [2.24, 2.45) is 5.10 Å². The zero-order valence-corrected chi connectivity index (χ0v) is 15.0. The van der Waals surface area contributed by atoms with Crippen LogP contribution in [0.2, 0.25) is 0 Å². The predicted molar refractivity (Wildman–Crippen MR) is 112 cm³/mol. The van der Waals surface area contributed by atoms with Gasteiger partial charge in [-0.15, -0.1) is 0 Å². The molecule has 0 aliphatic carbocycles. The lowest BCUT2D eigenvalue weighted by molar-refractivity contribution is 1.02. The minimum atomic E-state index is 0.896. The fraction of sp³-hybridized carbons (Fsp3) is 0.0870. The molecule has 0 aliphatic rings. The first-order valence-electron chi connectivity index (χ1n) is 8.75. The van der Waals surface area contributed by atoms with Crippen LogP contribution in [0, 0.1) is 0 Å². The van der Waals surface area contributed by atoms with E-state index in [9.17, 15) is 0 Å². The van der Waals surface area contributed by atoms with E-state index in [4.69, 9.17) is 5.10 Å². The Morgan fingerprint density at radius 3 is 1.77 bits per heavy atom. The van der Waals surface area contributed by atoms with Crippen LogP contribution in [0.1, 0.15) is 12.5 Å². The number of nitrogens with zero attached hydrogens (tertiary/aromatic N) is 3. The van der Waals surface area contributed by atoms with Crippen molar-refractivity contribution in [1.82, 2.24) is 0 Å². The lowest BCUT2D eigenvalue weighted by Crippen LogP contribution is -2.13. The van der Waals surface area contributed by atoms with Crippen LogP contribution in [-0.4, -0.2) is 12.8 Å². The van der Waals surface area contributed by atoms with Gasteiger partial charge in [-0.3, -0.25) is 0 Å². The Morgan fingerprint density at radius 2 is 1.31 bits per heavy atom. The molecule has 0 fully saturated rings. The molecule has 0 amide bonds. The number of hydrogen-bond acceptors (Lipinski definition) is 3. The van der Waals surface area contributed by atoms with Crippen LogP contribution in [0.3, 0.4) is 0 Å². The molecule has 26 heavy (non-hydrogen) atoms. The van der Waals surface area contributed by atoms with Gasteiger partial charge in [0.15, 0.2) is 0 Å². The van der Waals surface area contributed by atoms with Gasteiger partial charge in [-0.1, -0.05) is 55.1 Å². The fourth-order valence-corrected chi connectivity index (χ4v) is 2.71. The molecule has 3 nitrogen and oxygen atoms in total. The van der Waals surface area contributed by atoms with E-state index >= 15 is 0 Å². The topological polar surface area (TPSA) is 18.8 Å². The van der Waals surface area contributed by atoms with Gasteiger partial charge < -0.3 is 4.90 Å². The summed E-state index contributed by atoms with van der Waals surface area (Å²) in [6.45, 7) is 6.85. The summed E-state index contributed by atoms with van der Waals surface area (Å²) in [4.78, 5) is 2.10. The van der Waals surface area contributed by atoms with Gasteiger partial charge in [-0.05, 0) is 55.1 Å². The fourth-order valence-electron chi connectivity index (χ4n) is 2.71. The monoisotopic (exact) mass is 341 g/mol. The number of hydrazone groups is 1. The summed E-state index contributed by atoms with van der Waals surface area (Å²) < 4.78 is 0. The second-order valence-electron chi connectivity index (χ2n) is 5.79. The first kappa shape index (κ1) is 17.5. The van der Waals surface area contributed by atoms with E-state index in [1.807, 2.05) is 53.8 Å². The van der Waals surface area contributed by atoms with Gasteiger partial charge in [0, 0.05) is 12.2 Å². The van der Waals surface area contributed by atoms with Crippen molar-refractivity contribution in [3.05, 3.63) is 103 Å². The highest BCUT2D eigenvalue weighted by Gasteiger charge is 2.06. The van der Waals surface area contributed by atoms with E-state index in [-0.39, 0.29) is 0 Å². The zero-order chi connectivity index (χ0) is 18.2. The van der Waals surface area contributed by atoms with Gasteiger partial charge in [0.05, 0.1) is 17.6 Å². The highest BCUT2D eigenvalue weighted by Crippen LogP contribution is 2.25. The highest BCUT2D eigenvalue weighted by atomic mass is 15.5. The van der Waals surface area contributed by atoms with Crippen LogP contribution in [0.15, 0.2) is 103 Å². The van der Waals surface area contributed by atoms with Crippen molar-refractivity contribution in [3.8, 4) is 0 Å². The van der Waals surface area contributed by atoms with E-state index in [0.29, 0.717) is 0 Å². The summed E-state index contributed by atoms with van der Waals surface area (Å²) in [5.41, 5.74) is 4.22. The standard InChI is InChI=1S/C23H23N3/c1-3-25(4-2)21-17-15-20(16-18-21)19-24-26(22-11-7-5-8-12-22)23-13-9-6-10-14-23/h3,5-19H,1,4H2,2H3. The van der Waals surface area contributed by atoms with E-state index < -0.39 is 0 Å². The molecular formula is C23H23N3. The molecule has 0 saturated heterocycles. The molecule has 0 aliphatic heterocycles. The van der Waals surface area contributed by atoms with Gasteiger partial charge in [0.25, 0.3) is 0 Å². The molecule has 0 N–H and O–H groups in total. The van der Waals surface area contributed by atoms with Gasteiger partial charge in [-0.2, -0.15) is 5.10 Å². The second kappa shape index (κ2) is 8.67. The van der Waals surface area contributed by atoms with E-state index in [1.165, 1.54) is 0 Å². The summed E-state index contributed by atoms with van der Waals surface area (Å²) in [7, 11) is 0. The van der Waals surface area contributed by atoms with Crippen LogP contribution in [0.4, 0.5) is 17.1 Å². The summed E-state index contributed by atoms with van der Waals surface area (Å²) in [5, 5.41) is 6.66. The maximum absolute atomic E-state index is 4.72. The van der Waals surface area contributed by atoms with Crippen molar-refractivity contribution >= 4 is 23.3 Å². The molecule has 130 valence electrons. The largest absolute Gasteiger partial charge is 0.349 e. The van der Waals surface area contributed by atoms with Crippen molar-refractivity contribution in [2.45, 2.75) is 6.92 Å². The average Bonchev–Trinajstić information content (AvgIpc) is 2.72. The van der Waals surface area contributed by atoms with Crippen molar-refractivity contribution < 1.29 is 0 Å². The third-order valence-electron chi connectivity index (χ3n) is 4.11. The van der Waals surface area contributed by atoms with E-state index in [1.54, 1.807) is 0 Å². The van der Waals surface area contributed by atoms with Crippen LogP contribution in [0.25, 0.3) is 0 Å². The number of rotatable bonds is 7. The quantitative estimate of drug-likeness (QED) is 0.398. The molecule has 3 heteroatoms. The number of benzene rings is 3. The molecule has 0 atom stereocenters. The second-order valence-corrected chi connectivity index (χ2v) is 5.79. The van der Waals surface area contributed by atoms with Crippen molar-refractivity contribution in [3.63, 3.8) is 0 Å². The molecule has 0 saturated carbocycles. The molecule has 0 bridgehead atoms. The molecule has 0 aromatic heterocycles. The molecule has 0 radical (unpaired) electrons. The van der Waals surface area contributed by atoms with Crippen LogP contribution in [0.5, 0.6) is 0 Å². The van der Waals surface area contributed by atoms with Crippen LogP contribution in [-0.2, 0) is 0 Å². The highest BCUT2D eigenvalue weighted by molar-refractivity contribution is 5.82.